The quantitative estimate of drug-likeness (QED) is 0.583. The van der Waals surface area contributed by atoms with Crippen LogP contribution >= 0.6 is 0 Å². The van der Waals surface area contributed by atoms with Crippen molar-refractivity contribution < 1.29 is 4.79 Å². The van der Waals surface area contributed by atoms with Gasteiger partial charge in [-0.25, -0.2) is 0 Å². The molecule has 0 radical (unpaired) electrons. The zero-order chi connectivity index (χ0) is 16.7. The average molecular weight is 323 g/mol. The summed E-state index contributed by atoms with van der Waals surface area (Å²) in [5.74, 6) is 1.18. The average Bonchev–Trinajstić information content (AvgIpc) is 3.02. The maximum absolute atomic E-state index is 12.0. The minimum absolute atomic E-state index is 0.0794. The highest BCUT2D eigenvalue weighted by atomic mass is 16.2. The fourth-order valence-corrected chi connectivity index (χ4v) is 3.35. The Kier molecular flexibility index (Phi) is 7.15. The molecule has 0 aromatic carbocycles. The molecule has 0 spiro atoms. The summed E-state index contributed by atoms with van der Waals surface area (Å²) in [4.78, 5) is 20.8. The van der Waals surface area contributed by atoms with Crippen molar-refractivity contribution in [3.05, 3.63) is 0 Å². The Bertz CT molecular complexity index is 404. The Hall–Kier alpha value is -1.30. The molecule has 6 nitrogen and oxygen atoms in total. The van der Waals surface area contributed by atoms with Gasteiger partial charge in [-0.2, -0.15) is 0 Å². The third-order valence-electron chi connectivity index (χ3n) is 4.73. The van der Waals surface area contributed by atoms with Crippen molar-refractivity contribution in [1.29, 1.82) is 0 Å². The second-order valence-electron chi connectivity index (χ2n) is 6.97. The lowest BCUT2D eigenvalue weighted by Gasteiger charge is -2.27. The lowest BCUT2D eigenvalue weighted by atomic mass is 10.1. The fourth-order valence-electron chi connectivity index (χ4n) is 3.35. The van der Waals surface area contributed by atoms with Gasteiger partial charge in [0, 0.05) is 45.2 Å². The third kappa shape index (κ3) is 5.68. The van der Waals surface area contributed by atoms with Crippen LogP contribution in [-0.2, 0) is 4.79 Å². The number of hydrogen-bond donors (Lipinski definition) is 2. The van der Waals surface area contributed by atoms with Crippen LogP contribution in [0.25, 0.3) is 0 Å². The van der Waals surface area contributed by atoms with Crippen molar-refractivity contribution in [1.82, 2.24) is 20.4 Å². The van der Waals surface area contributed by atoms with Gasteiger partial charge in [0.15, 0.2) is 5.96 Å². The molecule has 6 heteroatoms. The summed E-state index contributed by atoms with van der Waals surface area (Å²) in [6.07, 6.45) is 5.02. The first kappa shape index (κ1) is 18.0. The van der Waals surface area contributed by atoms with Gasteiger partial charge in [0.05, 0.1) is 0 Å². The highest BCUT2D eigenvalue weighted by Gasteiger charge is 2.27. The molecule has 0 aromatic rings. The standard InChI is InChI=1S/C17H33N5O/c1-14(2)16(23)22-11-7-15(13-22)20-17(18-3)19-8-12-21-9-5-4-6-10-21/h14-15H,4-13H2,1-3H3,(H2,18,19,20). The van der Waals surface area contributed by atoms with Gasteiger partial charge in [0.25, 0.3) is 0 Å². The van der Waals surface area contributed by atoms with Crippen LogP contribution in [0.2, 0.25) is 0 Å². The zero-order valence-electron chi connectivity index (χ0n) is 15.0. The SMILES string of the molecule is CN=C(NCCN1CCCCC1)NC1CCN(C(=O)C(C)C)C1. The number of likely N-dealkylation sites (tertiary alicyclic amines) is 2. The van der Waals surface area contributed by atoms with Gasteiger partial charge in [-0.05, 0) is 32.4 Å². The Balaban J connectivity index is 1.67. The van der Waals surface area contributed by atoms with Crippen LogP contribution in [0.5, 0.6) is 0 Å². The number of amides is 1. The summed E-state index contributed by atoms with van der Waals surface area (Å²) < 4.78 is 0. The van der Waals surface area contributed by atoms with Gasteiger partial charge in [-0.15, -0.1) is 0 Å². The first-order valence-electron chi connectivity index (χ1n) is 9.08. The number of aliphatic imine (C=N–C) groups is 1. The Morgan fingerprint density at radius 3 is 2.61 bits per heavy atom. The molecule has 0 aliphatic carbocycles. The van der Waals surface area contributed by atoms with E-state index in [9.17, 15) is 4.79 Å². The summed E-state index contributed by atoms with van der Waals surface area (Å²) in [6.45, 7) is 9.99. The number of rotatable bonds is 5. The summed E-state index contributed by atoms with van der Waals surface area (Å²) >= 11 is 0. The molecule has 2 heterocycles. The van der Waals surface area contributed by atoms with E-state index < -0.39 is 0 Å². The van der Waals surface area contributed by atoms with Gasteiger partial charge in [0.1, 0.15) is 0 Å². The van der Waals surface area contributed by atoms with Crippen LogP contribution in [0.4, 0.5) is 0 Å². The van der Waals surface area contributed by atoms with Crippen molar-refractivity contribution in [3.8, 4) is 0 Å². The van der Waals surface area contributed by atoms with Crippen LogP contribution in [0.15, 0.2) is 4.99 Å². The predicted octanol–water partition coefficient (Wildman–Crippen LogP) is 0.894. The third-order valence-corrected chi connectivity index (χ3v) is 4.73. The van der Waals surface area contributed by atoms with Gasteiger partial charge in [-0.1, -0.05) is 20.3 Å². The van der Waals surface area contributed by atoms with Crippen LogP contribution in [0.3, 0.4) is 0 Å². The molecule has 132 valence electrons. The van der Waals surface area contributed by atoms with Gasteiger partial charge in [-0.3, -0.25) is 9.79 Å². The molecule has 2 saturated heterocycles. The van der Waals surface area contributed by atoms with E-state index in [2.05, 4.69) is 20.5 Å². The van der Waals surface area contributed by atoms with Crippen molar-refractivity contribution in [2.45, 2.75) is 45.6 Å². The minimum Gasteiger partial charge on any atom is -0.355 e. The van der Waals surface area contributed by atoms with Crippen LogP contribution in [-0.4, -0.2) is 74.0 Å². The van der Waals surface area contributed by atoms with Crippen molar-refractivity contribution in [2.75, 3.05) is 46.3 Å². The number of guanidine groups is 1. The molecule has 2 N–H and O–H groups in total. The van der Waals surface area contributed by atoms with E-state index in [4.69, 9.17) is 0 Å². The maximum Gasteiger partial charge on any atom is 0.225 e. The summed E-state index contributed by atoms with van der Waals surface area (Å²) in [5.41, 5.74) is 0. The predicted molar refractivity (Wildman–Crippen MR) is 94.6 cm³/mol. The fraction of sp³-hybridized carbons (Fsp3) is 0.882. The highest BCUT2D eigenvalue weighted by Crippen LogP contribution is 2.12. The normalized spacial score (nSPS) is 23.4. The summed E-state index contributed by atoms with van der Waals surface area (Å²) in [7, 11) is 1.81. The van der Waals surface area contributed by atoms with Crippen molar-refractivity contribution >= 4 is 11.9 Å². The molecule has 1 unspecified atom stereocenters. The maximum atomic E-state index is 12.0. The molecule has 2 fully saturated rings. The second kappa shape index (κ2) is 9.11. The summed E-state index contributed by atoms with van der Waals surface area (Å²) in [5, 5.41) is 6.86. The lowest BCUT2D eigenvalue weighted by molar-refractivity contribution is -0.133. The number of nitrogens with zero attached hydrogens (tertiary/aromatic N) is 3. The lowest BCUT2D eigenvalue weighted by Crippen LogP contribution is -2.47. The van der Waals surface area contributed by atoms with E-state index in [1.165, 1.54) is 32.4 Å². The first-order valence-corrected chi connectivity index (χ1v) is 9.08. The Labute approximate surface area is 140 Å². The van der Waals surface area contributed by atoms with E-state index in [0.29, 0.717) is 6.04 Å². The zero-order valence-corrected chi connectivity index (χ0v) is 15.0. The molecule has 0 saturated carbocycles. The molecular weight excluding hydrogens is 290 g/mol. The number of carbonyl (C=O) groups excluding carboxylic acids is 1. The van der Waals surface area contributed by atoms with E-state index in [1.54, 1.807) is 0 Å². The number of carbonyl (C=O) groups is 1. The molecule has 0 aromatic heterocycles. The van der Waals surface area contributed by atoms with Crippen LogP contribution in [0.1, 0.15) is 39.5 Å². The molecular formula is C17H33N5O. The van der Waals surface area contributed by atoms with E-state index in [1.807, 2.05) is 25.8 Å². The van der Waals surface area contributed by atoms with E-state index in [0.717, 1.165) is 38.6 Å². The minimum atomic E-state index is 0.0794. The second-order valence-corrected chi connectivity index (χ2v) is 6.97. The van der Waals surface area contributed by atoms with Gasteiger partial charge < -0.3 is 20.4 Å². The first-order chi connectivity index (χ1) is 11.1. The molecule has 2 aliphatic rings. The molecule has 1 amide bonds. The molecule has 0 bridgehead atoms. The molecule has 2 aliphatic heterocycles. The molecule has 1 atom stereocenters. The van der Waals surface area contributed by atoms with Crippen molar-refractivity contribution in [2.24, 2.45) is 10.9 Å². The Morgan fingerprint density at radius 1 is 1.22 bits per heavy atom. The van der Waals surface area contributed by atoms with Crippen LogP contribution in [0, 0.1) is 5.92 Å². The monoisotopic (exact) mass is 323 g/mol. The topological polar surface area (TPSA) is 60.0 Å². The summed E-state index contributed by atoms with van der Waals surface area (Å²) in [6, 6.07) is 0.305. The smallest absolute Gasteiger partial charge is 0.225 e. The van der Waals surface area contributed by atoms with Gasteiger partial charge >= 0.3 is 0 Å². The number of hydrogen-bond acceptors (Lipinski definition) is 3. The molecule has 2 rings (SSSR count). The number of nitrogens with one attached hydrogen (secondary N) is 2. The van der Waals surface area contributed by atoms with Crippen LogP contribution < -0.4 is 10.6 Å². The van der Waals surface area contributed by atoms with E-state index in [-0.39, 0.29) is 11.8 Å². The highest BCUT2D eigenvalue weighted by molar-refractivity contribution is 5.81. The van der Waals surface area contributed by atoms with Crippen molar-refractivity contribution in [3.63, 3.8) is 0 Å². The number of piperidine rings is 1. The Morgan fingerprint density at radius 2 is 1.96 bits per heavy atom. The largest absolute Gasteiger partial charge is 0.355 e. The molecule has 23 heavy (non-hydrogen) atoms. The van der Waals surface area contributed by atoms with E-state index >= 15 is 0 Å². The van der Waals surface area contributed by atoms with Gasteiger partial charge in [0.2, 0.25) is 5.91 Å².